The van der Waals surface area contributed by atoms with Gasteiger partial charge in [0.1, 0.15) is 11.5 Å². The summed E-state index contributed by atoms with van der Waals surface area (Å²) < 4.78 is 5.84. The van der Waals surface area contributed by atoms with E-state index in [-0.39, 0.29) is 0 Å². The number of nitrogens with one attached hydrogen (secondary N) is 1. The summed E-state index contributed by atoms with van der Waals surface area (Å²) in [6.45, 7) is 5.96. The molecule has 0 aromatic heterocycles. The molecule has 0 aliphatic rings. The largest absolute Gasteiger partial charge is 0.457 e. The summed E-state index contributed by atoms with van der Waals surface area (Å²) in [7, 11) is 0. The Morgan fingerprint density at radius 3 is 2.53 bits per heavy atom. The molecule has 0 saturated carbocycles. The van der Waals surface area contributed by atoms with Gasteiger partial charge in [-0.15, -0.1) is 0 Å². The van der Waals surface area contributed by atoms with Gasteiger partial charge in [0.05, 0.1) is 0 Å². The molecule has 1 N–H and O–H groups in total. The molecule has 2 aromatic carbocycles. The molecule has 0 bridgehead atoms. The highest BCUT2D eigenvalue weighted by molar-refractivity contribution is 6.30. The number of ether oxygens (including phenoxy) is 1. The summed E-state index contributed by atoms with van der Waals surface area (Å²) in [6, 6.07) is 13.7. The summed E-state index contributed by atoms with van der Waals surface area (Å²) in [5.41, 5.74) is 2.32. The third kappa shape index (κ3) is 3.98. The minimum Gasteiger partial charge on any atom is -0.457 e. The molecule has 2 nitrogen and oxygen atoms in total. The lowest BCUT2D eigenvalue weighted by Gasteiger charge is -2.10. The number of hydrogen-bond donors (Lipinski definition) is 1. The summed E-state index contributed by atoms with van der Waals surface area (Å²) in [6.07, 6.45) is 0. The first-order valence-corrected chi connectivity index (χ1v) is 6.80. The second kappa shape index (κ2) is 6.60. The summed E-state index contributed by atoms with van der Waals surface area (Å²) in [4.78, 5) is 0. The highest BCUT2D eigenvalue weighted by atomic mass is 35.5. The van der Waals surface area contributed by atoms with E-state index < -0.39 is 0 Å². The maximum atomic E-state index is 5.98. The molecular formula is C16H18ClNO. The van der Waals surface area contributed by atoms with E-state index in [9.17, 15) is 0 Å². The zero-order chi connectivity index (χ0) is 13.7. The van der Waals surface area contributed by atoms with Gasteiger partial charge >= 0.3 is 0 Å². The fraction of sp³-hybridized carbons (Fsp3) is 0.250. The third-order valence-electron chi connectivity index (χ3n) is 2.88. The van der Waals surface area contributed by atoms with Crippen LogP contribution in [0.15, 0.2) is 42.5 Å². The van der Waals surface area contributed by atoms with Crippen molar-refractivity contribution >= 4 is 11.6 Å². The lowest BCUT2D eigenvalue weighted by Crippen LogP contribution is -2.11. The molecule has 2 aromatic rings. The fourth-order valence-electron chi connectivity index (χ4n) is 1.76. The van der Waals surface area contributed by atoms with Gasteiger partial charge < -0.3 is 10.1 Å². The molecule has 0 aliphatic heterocycles. The van der Waals surface area contributed by atoms with Crippen molar-refractivity contribution in [3.05, 3.63) is 58.6 Å². The Labute approximate surface area is 119 Å². The van der Waals surface area contributed by atoms with Crippen LogP contribution in [0.5, 0.6) is 11.5 Å². The molecule has 0 amide bonds. The van der Waals surface area contributed by atoms with E-state index in [0.29, 0.717) is 5.02 Å². The van der Waals surface area contributed by atoms with Crippen LogP contribution in [0.2, 0.25) is 5.02 Å². The Morgan fingerprint density at radius 2 is 1.84 bits per heavy atom. The standard InChI is InChI=1S/C16H18ClNO/c1-3-18-11-13-5-8-15(9-6-13)19-16-10-14(17)7-4-12(16)2/h4-10,18H,3,11H2,1-2H3. The van der Waals surface area contributed by atoms with Gasteiger partial charge in [-0.05, 0) is 48.9 Å². The van der Waals surface area contributed by atoms with E-state index in [4.69, 9.17) is 16.3 Å². The zero-order valence-corrected chi connectivity index (χ0v) is 12.0. The molecule has 0 atom stereocenters. The van der Waals surface area contributed by atoms with Gasteiger partial charge in [-0.2, -0.15) is 0 Å². The molecule has 19 heavy (non-hydrogen) atoms. The fourth-order valence-corrected chi connectivity index (χ4v) is 1.92. The predicted octanol–water partition coefficient (Wildman–Crippen LogP) is 4.55. The lowest BCUT2D eigenvalue weighted by molar-refractivity contribution is 0.478. The van der Waals surface area contributed by atoms with Crippen molar-refractivity contribution < 1.29 is 4.74 Å². The molecule has 0 aliphatic carbocycles. The van der Waals surface area contributed by atoms with Gasteiger partial charge in [-0.3, -0.25) is 0 Å². The van der Waals surface area contributed by atoms with Crippen molar-refractivity contribution in [1.29, 1.82) is 0 Å². The molecular weight excluding hydrogens is 258 g/mol. The number of benzene rings is 2. The van der Waals surface area contributed by atoms with Gasteiger partial charge in [0.25, 0.3) is 0 Å². The quantitative estimate of drug-likeness (QED) is 0.864. The molecule has 0 heterocycles. The first-order chi connectivity index (χ1) is 9.19. The van der Waals surface area contributed by atoms with Crippen LogP contribution in [0.3, 0.4) is 0 Å². The molecule has 3 heteroatoms. The summed E-state index contributed by atoms with van der Waals surface area (Å²) >= 11 is 5.98. The van der Waals surface area contributed by atoms with Crippen LogP contribution < -0.4 is 10.1 Å². The third-order valence-corrected chi connectivity index (χ3v) is 3.12. The monoisotopic (exact) mass is 275 g/mol. The highest BCUT2D eigenvalue weighted by Crippen LogP contribution is 2.27. The molecule has 0 saturated heterocycles. The van der Waals surface area contributed by atoms with Crippen molar-refractivity contribution in [3.63, 3.8) is 0 Å². The number of halogens is 1. The zero-order valence-electron chi connectivity index (χ0n) is 11.2. The first-order valence-electron chi connectivity index (χ1n) is 6.42. The molecule has 0 radical (unpaired) electrons. The lowest BCUT2D eigenvalue weighted by atomic mass is 10.2. The van der Waals surface area contributed by atoms with E-state index in [1.54, 1.807) is 0 Å². The van der Waals surface area contributed by atoms with Crippen LogP contribution in [0.1, 0.15) is 18.1 Å². The molecule has 0 unspecified atom stereocenters. The van der Waals surface area contributed by atoms with Crippen LogP contribution in [-0.2, 0) is 6.54 Å². The minimum atomic E-state index is 0.685. The van der Waals surface area contributed by atoms with Crippen molar-refractivity contribution in [2.45, 2.75) is 20.4 Å². The molecule has 0 spiro atoms. The first kappa shape index (κ1) is 13.9. The summed E-state index contributed by atoms with van der Waals surface area (Å²) in [5, 5.41) is 3.98. The van der Waals surface area contributed by atoms with E-state index in [1.165, 1.54) is 5.56 Å². The Hall–Kier alpha value is -1.51. The van der Waals surface area contributed by atoms with Gasteiger partial charge in [0.15, 0.2) is 0 Å². The minimum absolute atomic E-state index is 0.685. The highest BCUT2D eigenvalue weighted by Gasteiger charge is 2.02. The molecule has 2 rings (SSSR count). The van der Waals surface area contributed by atoms with Crippen LogP contribution in [0, 0.1) is 6.92 Å². The molecule has 0 fully saturated rings. The maximum Gasteiger partial charge on any atom is 0.131 e. The average Bonchev–Trinajstić information content (AvgIpc) is 2.42. The van der Waals surface area contributed by atoms with Gasteiger partial charge in [-0.1, -0.05) is 36.7 Å². The Balaban J connectivity index is 2.08. The van der Waals surface area contributed by atoms with Crippen molar-refractivity contribution in [2.24, 2.45) is 0 Å². The maximum absolute atomic E-state index is 5.98. The average molecular weight is 276 g/mol. The normalized spacial score (nSPS) is 10.5. The van der Waals surface area contributed by atoms with Gasteiger partial charge in [-0.25, -0.2) is 0 Å². The van der Waals surface area contributed by atoms with Crippen LogP contribution in [0.25, 0.3) is 0 Å². The van der Waals surface area contributed by atoms with E-state index in [0.717, 1.165) is 30.2 Å². The second-order valence-electron chi connectivity index (χ2n) is 4.44. The topological polar surface area (TPSA) is 21.3 Å². The van der Waals surface area contributed by atoms with Crippen molar-refractivity contribution in [1.82, 2.24) is 5.32 Å². The number of hydrogen-bond acceptors (Lipinski definition) is 2. The number of rotatable bonds is 5. The Morgan fingerprint density at radius 1 is 1.11 bits per heavy atom. The number of aryl methyl sites for hydroxylation is 1. The van der Waals surface area contributed by atoms with Crippen LogP contribution >= 0.6 is 11.6 Å². The summed E-state index contributed by atoms with van der Waals surface area (Å²) in [5.74, 6) is 1.62. The Kier molecular flexibility index (Phi) is 4.83. The predicted molar refractivity (Wildman–Crippen MR) is 80.1 cm³/mol. The van der Waals surface area contributed by atoms with Crippen LogP contribution in [-0.4, -0.2) is 6.54 Å². The van der Waals surface area contributed by atoms with E-state index in [2.05, 4.69) is 24.4 Å². The van der Waals surface area contributed by atoms with Crippen molar-refractivity contribution in [3.8, 4) is 11.5 Å². The van der Waals surface area contributed by atoms with Gasteiger partial charge in [0.2, 0.25) is 0 Å². The van der Waals surface area contributed by atoms with Crippen LogP contribution in [0.4, 0.5) is 0 Å². The smallest absolute Gasteiger partial charge is 0.131 e. The van der Waals surface area contributed by atoms with E-state index >= 15 is 0 Å². The SMILES string of the molecule is CCNCc1ccc(Oc2cc(Cl)ccc2C)cc1. The second-order valence-corrected chi connectivity index (χ2v) is 4.87. The van der Waals surface area contributed by atoms with Gasteiger partial charge in [0, 0.05) is 11.6 Å². The molecule has 100 valence electrons. The Bertz CT molecular complexity index is 537. The van der Waals surface area contributed by atoms with Crippen molar-refractivity contribution in [2.75, 3.05) is 6.54 Å². The van der Waals surface area contributed by atoms with E-state index in [1.807, 2.05) is 37.3 Å².